The Balaban J connectivity index is 0.00000161. The summed E-state index contributed by atoms with van der Waals surface area (Å²) in [6, 6.07) is 5.98. The minimum atomic E-state index is 0. The van der Waals surface area contributed by atoms with Gasteiger partial charge in [0.1, 0.15) is 0 Å². The quantitative estimate of drug-likeness (QED) is 0.930. The van der Waals surface area contributed by atoms with Gasteiger partial charge in [0.05, 0.1) is 13.2 Å². The molecule has 0 bridgehead atoms. The fraction of sp³-hybridized carbons (Fsp3) is 0.562. The summed E-state index contributed by atoms with van der Waals surface area (Å²) in [5.74, 6) is 0.746. The fourth-order valence-corrected chi connectivity index (χ4v) is 3.19. The molecule has 0 spiro atoms. The molecule has 5 heteroatoms. The van der Waals surface area contributed by atoms with E-state index in [1.54, 1.807) is 0 Å². The molecule has 1 atom stereocenters. The first-order valence-electron chi connectivity index (χ1n) is 7.41. The number of halogens is 1. The van der Waals surface area contributed by atoms with Crippen LogP contribution in [-0.2, 0) is 18.0 Å². The van der Waals surface area contributed by atoms with Crippen LogP contribution < -0.4 is 5.32 Å². The van der Waals surface area contributed by atoms with Crippen molar-refractivity contribution in [3.8, 4) is 0 Å². The fourth-order valence-electron chi connectivity index (χ4n) is 3.19. The zero-order valence-corrected chi connectivity index (χ0v) is 13.2. The first-order valence-corrected chi connectivity index (χ1v) is 7.41. The summed E-state index contributed by atoms with van der Waals surface area (Å²) in [5.41, 5.74) is 3.19. The third-order valence-electron chi connectivity index (χ3n) is 4.27. The predicted octanol–water partition coefficient (Wildman–Crippen LogP) is 2.21. The van der Waals surface area contributed by atoms with Crippen molar-refractivity contribution in [1.82, 2.24) is 10.2 Å². The lowest BCUT2D eigenvalue weighted by molar-refractivity contribution is 0.0674. The molecule has 0 saturated carbocycles. The number of likely N-dealkylation sites (tertiary alicyclic amines) is 1. The maximum Gasteiger partial charge on any atom is 0.253 e. The number of nitrogens with one attached hydrogen (secondary N) is 1. The second-order valence-corrected chi connectivity index (χ2v) is 5.79. The van der Waals surface area contributed by atoms with Crippen LogP contribution in [0, 0.1) is 5.92 Å². The summed E-state index contributed by atoms with van der Waals surface area (Å²) in [6.45, 7) is 4.05. The van der Waals surface area contributed by atoms with E-state index in [1.807, 2.05) is 30.1 Å². The van der Waals surface area contributed by atoms with E-state index < -0.39 is 0 Å². The van der Waals surface area contributed by atoms with Crippen molar-refractivity contribution in [3.05, 3.63) is 34.9 Å². The van der Waals surface area contributed by atoms with E-state index in [2.05, 4.69) is 5.32 Å². The molecule has 3 rings (SSSR count). The minimum absolute atomic E-state index is 0. The maximum absolute atomic E-state index is 12.6. The molecular weight excluding hydrogens is 288 g/mol. The molecule has 1 aromatic carbocycles. The number of amides is 1. The second kappa shape index (κ2) is 7.25. The van der Waals surface area contributed by atoms with Gasteiger partial charge in [0.2, 0.25) is 0 Å². The number of piperidine rings is 1. The van der Waals surface area contributed by atoms with Crippen molar-refractivity contribution in [3.63, 3.8) is 0 Å². The van der Waals surface area contributed by atoms with E-state index in [-0.39, 0.29) is 18.3 Å². The molecule has 1 N–H and O–H groups in total. The normalized spacial score (nSPS) is 20.8. The standard InChI is InChI=1S/C16H22N2O2.ClH/c1-17-8-12-3-2-6-18(9-12)16(19)13-4-5-14-10-20-11-15(14)7-13;/h4-5,7,12,17H,2-3,6,8-11H2,1H3;1H. The van der Waals surface area contributed by atoms with Crippen molar-refractivity contribution < 1.29 is 9.53 Å². The number of nitrogens with zero attached hydrogens (tertiary/aromatic N) is 1. The molecule has 1 fully saturated rings. The van der Waals surface area contributed by atoms with Gasteiger partial charge in [0.15, 0.2) is 0 Å². The lowest BCUT2D eigenvalue weighted by atomic mass is 9.97. The van der Waals surface area contributed by atoms with E-state index in [4.69, 9.17) is 4.74 Å². The van der Waals surface area contributed by atoms with Crippen molar-refractivity contribution in [2.75, 3.05) is 26.7 Å². The zero-order chi connectivity index (χ0) is 13.9. The van der Waals surface area contributed by atoms with E-state index in [1.165, 1.54) is 17.5 Å². The highest BCUT2D eigenvalue weighted by Crippen LogP contribution is 2.23. The van der Waals surface area contributed by atoms with E-state index in [9.17, 15) is 4.79 Å². The summed E-state index contributed by atoms with van der Waals surface area (Å²) in [4.78, 5) is 14.6. The first kappa shape index (κ1) is 16.3. The Morgan fingerprint density at radius 3 is 3.00 bits per heavy atom. The SMILES string of the molecule is CNCC1CCCN(C(=O)c2ccc3c(c2)COC3)C1.Cl. The molecule has 2 heterocycles. The molecule has 0 aliphatic carbocycles. The number of hydrogen-bond donors (Lipinski definition) is 1. The van der Waals surface area contributed by atoms with Gasteiger partial charge in [-0.05, 0) is 55.6 Å². The van der Waals surface area contributed by atoms with E-state index in [0.717, 1.165) is 31.6 Å². The summed E-state index contributed by atoms with van der Waals surface area (Å²) in [6.07, 6.45) is 2.31. The molecule has 1 unspecified atom stereocenters. The molecule has 1 saturated heterocycles. The lowest BCUT2D eigenvalue weighted by Crippen LogP contribution is -2.42. The number of ether oxygens (including phenoxy) is 1. The molecule has 2 aliphatic heterocycles. The molecule has 116 valence electrons. The predicted molar refractivity (Wildman–Crippen MR) is 84.7 cm³/mol. The molecule has 4 nitrogen and oxygen atoms in total. The highest BCUT2D eigenvalue weighted by Gasteiger charge is 2.24. The molecule has 1 amide bonds. The van der Waals surface area contributed by atoms with Gasteiger partial charge in [0, 0.05) is 18.7 Å². The van der Waals surface area contributed by atoms with Gasteiger partial charge < -0.3 is 15.0 Å². The van der Waals surface area contributed by atoms with Crippen LogP contribution in [-0.4, -0.2) is 37.5 Å². The number of fused-ring (bicyclic) bond motifs is 1. The Kier molecular flexibility index (Phi) is 5.62. The monoisotopic (exact) mass is 310 g/mol. The first-order chi connectivity index (χ1) is 9.78. The smallest absolute Gasteiger partial charge is 0.253 e. The van der Waals surface area contributed by atoms with Crippen LogP contribution in [0.5, 0.6) is 0 Å². The van der Waals surface area contributed by atoms with Gasteiger partial charge in [0.25, 0.3) is 5.91 Å². The van der Waals surface area contributed by atoms with E-state index >= 15 is 0 Å². The van der Waals surface area contributed by atoms with Crippen LogP contribution in [0.15, 0.2) is 18.2 Å². The average Bonchev–Trinajstić information content (AvgIpc) is 2.94. The molecule has 0 aromatic heterocycles. The van der Waals surface area contributed by atoms with Gasteiger partial charge in [-0.15, -0.1) is 12.4 Å². The molecular formula is C16H23ClN2O2. The Bertz CT molecular complexity index is 505. The van der Waals surface area contributed by atoms with Gasteiger partial charge in [-0.25, -0.2) is 0 Å². The van der Waals surface area contributed by atoms with Crippen LogP contribution in [0.4, 0.5) is 0 Å². The summed E-state index contributed by atoms with van der Waals surface area (Å²) in [5, 5.41) is 3.22. The van der Waals surface area contributed by atoms with Gasteiger partial charge in [-0.3, -0.25) is 4.79 Å². The van der Waals surface area contributed by atoms with Crippen LogP contribution in [0.2, 0.25) is 0 Å². The highest BCUT2D eigenvalue weighted by atomic mass is 35.5. The summed E-state index contributed by atoms with van der Waals surface area (Å²) in [7, 11) is 1.97. The third-order valence-corrected chi connectivity index (χ3v) is 4.27. The van der Waals surface area contributed by atoms with Crippen molar-refractivity contribution in [2.24, 2.45) is 5.92 Å². The Morgan fingerprint density at radius 2 is 2.19 bits per heavy atom. The van der Waals surface area contributed by atoms with Crippen LogP contribution >= 0.6 is 12.4 Å². The lowest BCUT2D eigenvalue weighted by Gasteiger charge is -2.32. The molecule has 1 aromatic rings. The molecule has 2 aliphatic rings. The Labute approximate surface area is 132 Å². The van der Waals surface area contributed by atoms with Gasteiger partial charge in [-0.2, -0.15) is 0 Å². The largest absolute Gasteiger partial charge is 0.372 e. The summed E-state index contributed by atoms with van der Waals surface area (Å²) < 4.78 is 5.41. The highest BCUT2D eigenvalue weighted by molar-refractivity contribution is 5.94. The Hall–Kier alpha value is -1.10. The van der Waals surface area contributed by atoms with Crippen molar-refractivity contribution in [1.29, 1.82) is 0 Å². The van der Waals surface area contributed by atoms with Crippen LogP contribution in [0.3, 0.4) is 0 Å². The third kappa shape index (κ3) is 3.57. The minimum Gasteiger partial charge on any atom is -0.372 e. The number of carbonyl (C=O) groups is 1. The number of rotatable bonds is 3. The molecule has 0 radical (unpaired) electrons. The number of hydrogen-bond acceptors (Lipinski definition) is 3. The topological polar surface area (TPSA) is 41.6 Å². The van der Waals surface area contributed by atoms with Crippen LogP contribution in [0.25, 0.3) is 0 Å². The zero-order valence-electron chi connectivity index (χ0n) is 12.4. The van der Waals surface area contributed by atoms with Gasteiger partial charge in [-0.1, -0.05) is 6.07 Å². The number of carbonyl (C=O) groups excluding carboxylic acids is 1. The van der Waals surface area contributed by atoms with Crippen LogP contribution in [0.1, 0.15) is 34.3 Å². The average molecular weight is 311 g/mol. The number of benzene rings is 1. The second-order valence-electron chi connectivity index (χ2n) is 5.79. The van der Waals surface area contributed by atoms with Crippen molar-refractivity contribution >= 4 is 18.3 Å². The molecule has 21 heavy (non-hydrogen) atoms. The Morgan fingerprint density at radius 1 is 1.38 bits per heavy atom. The maximum atomic E-state index is 12.6. The summed E-state index contributed by atoms with van der Waals surface area (Å²) >= 11 is 0. The van der Waals surface area contributed by atoms with E-state index in [0.29, 0.717) is 19.1 Å². The van der Waals surface area contributed by atoms with Gasteiger partial charge >= 0.3 is 0 Å². The van der Waals surface area contributed by atoms with Crippen molar-refractivity contribution in [2.45, 2.75) is 26.1 Å².